The van der Waals surface area contributed by atoms with E-state index in [4.69, 9.17) is 5.11 Å². The standard InChI is InChI=1S/C10H14F3N3OS/c1-2-3-14-9-15-7(10(11,12)13)6-8(16-9)18-5-4-17/h6,17H,2-5H2,1H3,(H,14,15,16). The lowest BCUT2D eigenvalue weighted by Crippen LogP contribution is -2.13. The average Bonchev–Trinajstić information content (AvgIpc) is 2.32. The molecule has 1 aromatic rings. The topological polar surface area (TPSA) is 58.0 Å². The van der Waals surface area contributed by atoms with E-state index in [9.17, 15) is 13.2 Å². The number of hydrogen-bond acceptors (Lipinski definition) is 5. The Morgan fingerprint density at radius 2 is 2.11 bits per heavy atom. The predicted molar refractivity (Wildman–Crippen MR) is 63.6 cm³/mol. The molecule has 0 aliphatic rings. The minimum Gasteiger partial charge on any atom is -0.396 e. The highest BCUT2D eigenvalue weighted by Crippen LogP contribution is 2.30. The summed E-state index contributed by atoms with van der Waals surface area (Å²) in [4.78, 5) is 7.38. The second-order valence-corrected chi connectivity index (χ2v) is 4.53. The number of aliphatic hydroxyl groups is 1. The Hall–Kier alpha value is -1.02. The Labute approximate surface area is 107 Å². The van der Waals surface area contributed by atoms with Crippen LogP contribution < -0.4 is 5.32 Å². The molecule has 0 atom stereocenters. The minimum absolute atomic E-state index is 0.0351. The van der Waals surface area contributed by atoms with Gasteiger partial charge < -0.3 is 10.4 Å². The van der Waals surface area contributed by atoms with Crippen LogP contribution in [-0.2, 0) is 6.18 Å². The molecule has 0 unspecified atom stereocenters. The Bertz CT molecular complexity index is 361. The van der Waals surface area contributed by atoms with E-state index in [0.717, 1.165) is 24.2 Å². The fraction of sp³-hybridized carbons (Fsp3) is 0.600. The molecule has 1 rings (SSSR count). The molecule has 1 aromatic heterocycles. The van der Waals surface area contributed by atoms with Crippen LogP contribution in [0.3, 0.4) is 0 Å². The third-order valence-corrected chi connectivity index (χ3v) is 2.76. The Balaban J connectivity index is 2.96. The zero-order chi connectivity index (χ0) is 13.6. The maximum atomic E-state index is 12.6. The molecule has 1 heterocycles. The van der Waals surface area contributed by atoms with Gasteiger partial charge in [-0.25, -0.2) is 9.97 Å². The fourth-order valence-electron chi connectivity index (χ4n) is 1.11. The molecule has 0 aliphatic heterocycles. The fourth-order valence-corrected chi connectivity index (χ4v) is 1.76. The zero-order valence-electron chi connectivity index (χ0n) is 9.79. The number of nitrogens with zero attached hydrogens (tertiary/aromatic N) is 2. The summed E-state index contributed by atoms with van der Waals surface area (Å²) in [6, 6.07) is 0.886. The lowest BCUT2D eigenvalue weighted by molar-refractivity contribution is -0.141. The quantitative estimate of drug-likeness (QED) is 0.619. The van der Waals surface area contributed by atoms with Gasteiger partial charge >= 0.3 is 6.18 Å². The van der Waals surface area contributed by atoms with Crippen molar-refractivity contribution in [1.82, 2.24) is 9.97 Å². The van der Waals surface area contributed by atoms with E-state index in [1.54, 1.807) is 0 Å². The van der Waals surface area contributed by atoms with Crippen molar-refractivity contribution in [3.63, 3.8) is 0 Å². The molecule has 0 radical (unpaired) electrons. The first-order chi connectivity index (χ1) is 8.47. The number of thioether (sulfide) groups is 1. The molecule has 0 aromatic carbocycles. The smallest absolute Gasteiger partial charge is 0.396 e. The van der Waals surface area contributed by atoms with Gasteiger partial charge in [0.1, 0.15) is 5.03 Å². The summed E-state index contributed by atoms with van der Waals surface area (Å²) in [5.41, 5.74) is -0.975. The molecule has 102 valence electrons. The number of aliphatic hydroxyl groups excluding tert-OH is 1. The third-order valence-electron chi connectivity index (χ3n) is 1.87. The van der Waals surface area contributed by atoms with Crippen molar-refractivity contribution in [3.8, 4) is 0 Å². The largest absolute Gasteiger partial charge is 0.433 e. The Morgan fingerprint density at radius 1 is 1.39 bits per heavy atom. The highest BCUT2D eigenvalue weighted by Gasteiger charge is 2.33. The van der Waals surface area contributed by atoms with Crippen LogP contribution in [0.15, 0.2) is 11.1 Å². The molecule has 8 heteroatoms. The highest BCUT2D eigenvalue weighted by molar-refractivity contribution is 7.99. The monoisotopic (exact) mass is 281 g/mol. The number of anilines is 1. The molecule has 0 saturated carbocycles. The van der Waals surface area contributed by atoms with Crippen LogP contribution in [0.2, 0.25) is 0 Å². The van der Waals surface area contributed by atoms with Crippen LogP contribution in [0, 0.1) is 0 Å². The van der Waals surface area contributed by atoms with Crippen LogP contribution in [0.1, 0.15) is 19.0 Å². The van der Waals surface area contributed by atoms with E-state index in [0.29, 0.717) is 12.3 Å². The van der Waals surface area contributed by atoms with Crippen molar-refractivity contribution in [3.05, 3.63) is 11.8 Å². The molecule has 0 aliphatic carbocycles. The van der Waals surface area contributed by atoms with Crippen molar-refractivity contribution >= 4 is 17.7 Å². The summed E-state index contributed by atoms with van der Waals surface area (Å²) in [7, 11) is 0. The lowest BCUT2D eigenvalue weighted by Gasteiger charge is -2.10. The van der Waals surface area contributed by atoms with E-state index in [2.05, 4.69) is 15.3 Å². The second kappa shape index (κ2) is 6.79. The molecule has 0 bridgehead atoms. The van der Waals surface area contributed by atoms with Gasteiger partial charge in [0.2, 0.25) is 5.95 Å². The van der Waals surface area contributed by atoms with Crippen LogP contribution in [0.5, 0.6) is 0 Å². The molecular weight excluding hydrogens is 267 g/mol. The number of hydrogen-bond donors (Lipinski definition) is 2. The number of nitrogens with one attached hydrogen (secondary N) is 1. The summed E-state index contributed by atoms with van der Waals surface area (Å²) in [6.45, 7) is 2.28. The summed E-state index contributed by atoms with van der Waals surface area (Å²) >= 11 is 1.06. The molecule has 0 spiro atoms. The van der Waals surface area contributed by atoms with Gasteiger partial charge in [-0.2, -0.15) is 13.2 Å². The molecule has 0 fully saturated rings. The lowest BCUT2D eigenvalue weighted by atomic mass is 10.4. The molecule has 0 amide bonds. The van der Waals surface area contributed by atoms with Crippen molar-refractivity contribution < 1.29 is 18.3 Å². The molecular formula is C10H14F3N3OS. The van der Waals surface area contributed by atoms with Crippen LogP contribution in [0.4, 0.5) is 19.1 Å². The normalized spacial score (nSPS) is 11.6. The first-order valence-electron chi connectivity index (χ1n) is 5.41. The minimum atomic E-state index is -4.50. The Kier molecular flexibility index (Phi) is 5.67. The summed E-state index contributed by atoms with van der Waals surface area (Å²) < 4.78 is 37.8. The predicted octanol–water partition coefficient (Wildman–Crippen LogP) is 2.40. The van der Waals surface area contributed by atoms with Gasteiger partial charge in [0, 0.05) is 18.4 Å². The van der Waals surface area contributed by atoms with E-state index in [-0.39, 0.29) is 17.6 Å². The van der Waals surface area contributed by atoms with Gasteiger partial charge in [-0.05, 0) is 6.42 Å². The Morgan fingerprint density at radius 3 is 2.67 bits per heavy atom. The van der Waals surface area contributed by atoms with Crippen LogP contribution in [-0.4, -0.2) is 34.0 Å². The summed E-state index contributed by atoms with van der Waals surface area (Å²) in [6.07, 6.45) is -3.74. The first kappa shape index (κ1) is 15.0. The van der Waals surface area contributed by atoms with Gasteiger partial charge in [-0.3, -0.25) is 0 Å². The maximum Gasteiger partial charge on any atom is 0.433 e. The molecule has 0 saturated heterocycles. The van der Waals surface area contributed by atoms with Crippen LogP contribution in [0.25, 0.3) is 0 Å². The van der Waals surface area contributed by atoms with E-state index in [1.807, 2.05) is 6.92 Å². The summed E-state index contributed by atoms with van der Waals surface area (Å²) in [5.74, 6) is 0.258. The van der Waals surface area contributed by atoms with E-state index < -0.39 is 11.9 Å². The summed E-state index contributed by atoms with van der Waals surface area (Å²) in [5, 5.41) is 11.6. The molecule has 2 N–H and O–H groups in total. The van der Waals surface area contributed by atoms with Gasteiger partial charge in [0.25, 0.3) is 0 Å². The highest BCUT2D eigenvalue weighted by atomic mass is 32.2. The van der Waals surface area contributed by atoms with Gasteiger partial charge in [-0.15, -0.1) is 11.8 Å². The van der Waals surface area contributed by atoms with E-state index in [1.165, 1.54) is 0 Å². The molecule has 18 heavy (non-hydrogen) atoms. The van der Waals surface area contributed by atoms with Crippen molar-refractivity contribution in [2.45, 2.75) is 24.5 Å². The second-order valence-electron chi connectivity index (χ2n) is 3.41. The first-order valence-corrected chi connectivity index (χ1v) is 6.39. The third kappa shape index (κ3) is 4.69. The van der Waals surface area contributed by atoms with Gasteiger partial charge in [-0.1, -0.05) is 6.92 Å². The number of alkyl halides is 3. The van der Waals surface area contributed by atoms with Gasteiger partial charge in [0.15, 0.2) is 5.69 Å². The SMILES string of the molecule is CCCNc1nc(SCCO)cc(C(F)(F)F)n1. The maximum absolute atomic E-state index is 12.6. The van der Waals surface area contributed by atoms with E-state index >= 15 is 0 Å². The average molecular weight is 281 g/mol. The number of aromatic nitrogens is 2. The number of rotatable bonds is 6. The van der Waals surface area contributed by atoms with Crippen molar-refractivity contribution in [1.29, 1.82) is 0 Å². The molecule has 4 nitrogen and oxygen atoms in total. The van der Waals surface area contributed by atoms with Gasteiger partial charge in [0.05, 0.1) is 6.61 Å². The number of halogens is 3. The van der Waals surface area contributed by atoms with Crippen LogP contribution >= 0.6 is 11.8 Å². The zero-order valence-corrected chi connectivity index (χ0v) is 10.6. The van der Waals surface area contributed by atoms with Crippen molar-refractivity contribution in [2.75, 3.05) is 24.2 Å². The van der Waals surface area contributed by atoms with Crippen molar-refractivity contribution in [2.24, 2.45) is 0 Å².